The predicted molar refractivity (Wildman–Crippen MR) is 53.2 cm³/mol. The first kappa shape index (κ1) is 11.2. The molecule has 0 spiro atoms. The molecule has 1 N–H and O–H groups in total. The Morgan fingerprint density at radius 2 is 2.43 bits per heavy atom. The molecule has 0 aromatic rings. The van der Waals surface area contributed by atoms with E-state index in [0.717, 1.165) is 18.5 Å². The molecule has 0 amide bonds. The normalized spacial score (nSPS) is 23.4. The van der Waals surface area contributed by atoms with Crippen molar-refractivity contribution >= 4 is 5.97 Å². The zero-order valence-electron chi connectivity index (χ0n) is 8.53. The minimum Gasteiger partial charge on any atom is -0.480 e. The first-order valence-corrected chi connectivity index (χ1v) is 4.80. The highest BCUT2D eigenvalue weighted by Crippen LogP contribution is 2.09. The second-order valence-corrected chi connectivity index (χ2v) is 3.67. The third kappa shape index (κ3) is 3.12. The van der Waals surface area contributed by atoms with Gasteiger partial charge in [-0.3, -0.25) is 9.69 Å². The highest BCUT2D eigenvalue weighted by molar-refractivity contribution is 5.73. The van der Waals surface area contributed by atoms with Gasteiger partial charge in [0.15, 0.2) is 0 Å². The topological polar surface area (TPSA) is 49.8 Å². The Labute approximate surface area is 84.2 Å². The number of carboxylic acids is 1. The smallest absolute Gasteiger partial charge is 0.323 e. The average molecular weight is 199 g/mol. The molecule has 0 saturated carbocycles. The van der Waals surface area contributed by atoms with E-state index in [0.29, 0.717) is 19.8 Å². The lowest BCUT2D eigenvalue weighted by Crippen LogP contribution is -2.50. The molecule has 0 aromatic carbocycles. The maximum Gasteiger partial charge on any atom is 0.323 e. The van der Waals surface area contributed by atoms with Gasteiger partial charge in [-0.2, -0.15) is 0 Å². The summed E-state index contributed by atoms with van der Waals surface area (Å²) in [6, 6.07) is -0.483. The third-order valence-electron chi connectivity index (χ3n) is 2.35. The Morgan fingerprint density at radius 1 is 1.71 bits per heavy atom. The second-order valence-electron chi connectivity index (χ2n) is 3.67. The van der Waals surface area contributed by atoms with E-state index in [-0.39, 0.29) is 0 Å². The van der Waals surface area contributed by atoms with E-state index in [4.69, 9.17) is 9.84 Å². The molecule has 0 aromatic heterocycles. The van der Waals surface area contributed by atoms with Gasteiger partial charge in [0.2, 0.25) is 0 Å². The summed E-state index contributed by atoms with van der Waals surface area (Å²) in [4.78, 5) is 12.8. The van der Waals surface area contributed by atoms with Crippen molar-refractivity contribution in [3.8, 4) is 0 Å². The number of rotatable bonds is 4. The molecule has 0 radical (unpaired) electrons. The fourth-order valence-electron chi connectivity index (χ4n) is 1.47. The number of ether oxygens (including phenoxy) is 1. The molecule has 1 saturated heterocycles. The number of hydrogen-bond donors (Lipinski definition) is 1. The van der Waals surface area contributed by atoms with E-state index >= 15 is 0 Å². The molecule has 1 unspecified atom stereocenters. The molecule has 4 heteroatoms. The van der Waals surface area contributed by atoms with Crippen LogP contribution in [0.25, 0.3) is 0 Å². The lowest BCUT2D eigenvalue weighted by Gasteiger charge is -2.32. The van der Waals surface area contributed by atoms with Crippen molar-refractivity contribution < 1.29 is 14.6 Å². The van der Waals surface area contributed by atoms with E-state index < -0.39 is 12.0 Å². The van der Waals surface area contributed by atoms with E-state index in [1.165, 1.54) is 0 Å². The molecule has 1 rings (SSSR count). The van der Waals surface area contributed by atoms with Crippen LogP contribution in [-0.2, 0) is 9.53 Å². The highest BCUT2D eigenvalue weighted by Gasteiger charge is 2.28. The summed E-state index contributed by atoms with van der Waals surface area (Å²) in [5, 5.41) is 8.93. The maximum absolute atomic E-state index is 10.9. The number of aliphatic carboxylic acids is 1. The van der Waals surface area contributed by atoms with Crippen LogP contribution < -0.4 is 0 Å². The first-order valence-electron chi connectivity index (χ1n) is 4.80. The van der Waals surface area contributed by atoms with Crippen molar-refractivity contribution in [3.63, 3.8) is 0 Å². The molecule has 0 bridgehead atoms. The number of hydrogen-bond acceptors (Lipinski definition) is 3. The quantitative estimate of drug-likeness (QED) is 0.678. The van der Waals surface area contributed by atoms with Gasteiger partial charge in [0.1, 0.15) is 6.04 Å². The Kier molecular flexibility index (Phi) is 4.10. The number of carbonyl (C=O) groups is 1. The molecule has 1 fully saturated rings. The van der Waals surface area contributed by atoms with Crippen LogP contribution in [-0.4, -0.2) is 48.3 Å². The summed E-state index contributed by atoms with van der Waals surface area (Å²) in [7, 11) is 0. The number of nitrogens with zero attached hydrogens (tertiary/aromatic N) is 1. The Balaban J connectivity index is 2.45. The van der Waals surface area contributed by atoms with Crippen LogP contribution in [0.4, 0.5) is 0 Å². The van der Waals surface area contributed by atoms with Gasteiger partial charge in [-0.05, 0) is 13.3 Å². The Morgan fingerprint density at radius 3 is 3.00 bits per heavy atom. The molecular formula is C10H17NO3. The van der Waals surface area contributed by atoms with Crippen molar-refractivity contribution in [2.75, 3.05) is 26.3 Å². The first-order chi connectivity index (χ1) is 6.61. The molecule has 14 heavy (non-hydrogen) atoms. The summed E-state index contributed by atoms with van der Waals surface area (Å²) in [6.45, 7) is 8.14. The fraction of sp³-hybridized carbons (Fsp3) is 0.700. The van der Waals surface area contributed by atoms with Crippen LogP contribution in [0.15, 0.2) is 12.2 Å². The summed E-state index contributed by atoms with van der Waals surface area (Å²) in [5.74, 6) is -0.800. The molecule has 1 atom stereocenters. The molecular weight excluding hydrogens is 182 g/mol. The number of morpholine rings is 1. The molecule has 0 aliphatic carbocycles. The minimum atomic E-state index is -0.800. The van der Waals surface area contributed by atoms with Gasteiger partial charge in [-0.25, -0.2) is 0 Å². The average Bonchev–Trinajstić information content (AvgIpc) is 2.15. The highest BCUT2D eigenvalue weighted by atomic mass is 16.5. The lowest BCUT2D eigenvalue weighted by molar-refractivity contribution is -0.149. The standard InChI is InChI=1S/C10H17NO3/c1-8(2)3-4-11-5-6-14-7-9(11)10(12)13/h9H,1,3-7H2,2H3,(H,12,13). The number of carboxylic acid groups (broad SMARTS) is 1. The van der Waals surface area contributed by atoms with Gasteiger partial charge in [0.05, 0.1) is 13.2 Å². The van der Waals surface area contributed by atoms with Gasteiger partial charge in [0, 0.05) is 13.1 Å². The van der Waals surface area contributed by atoms with Gasteiger partial charge in [-0.1, -0.05) is 5.57 Å². The molecule has 1 heterocycles. The van der Waals surface area contributed by atoms with Crippen LogP contribution in [0.3, 0.4) is 0 Å². The van der Waals surface area contributed by atoms with Gasteiger partial charge in [-0.15, -0.1) is 6.58 Å². The Hall–Kier alpha value is -0.870. The van der Waals surface area contributed by atoms with Gasteiger partial charge < -0.3 is 9.84 Å². The van der Waals surface area contributed by atoms with E-state index in [1.54, 1.807) is 0 Å². The van der Waals surface area contributed by atoms with Crippen LogP contribution in [0.1, 0.15) is 13.3 Å². The zero-order chi connectivity index (χ0) is 10.6. The van der Waals surface area contributed by atoms with Gasteiger partial charge in [0.25, 0.3) is 0 Å². The molecule has 80 valence electrons. The monoisotopic (exact) mass is 199 g/mol. The largest absolute Gasteiger partial charge is 0.480 e. The summed E-state index contributed by atoms with van der Waals surface area (Å²) < 4.78 is 5.14. The predicted octanol–water partition coefficient (Wildman–Crippen LogP) is 0.738. The van der Waals surface area contributed by atoms with Gasteiger partial charge >= 0.3 is 5.97 Å². The van der Waals surface area contributed by atoms with Crippen molar-refractivity contribution in [1.29, 1.82) is 0 Å². The molecule has 1 aliphatic rings. The zero-order valence-corrected chi connectivity index (χ0v) is 8.53. The minimum absolute atomic E-state index is 0.297. The van der Waals surface area contributed by atoms with E-state index in [1.807, 2.05) is 11.8 Å². The van der Waals surface area contributed by atoms with Crippen LogP contribution in [0.2, 0.25) is 0 Å². The molecule has 1 aliphatic heterocycles. The maximum atomic E-state index is 10.9. The summed E-state index contributed by atoms with van der Waals surface area (Å²) >= 11 is 0. The van der Waals surface area contributed by atoms with E-state index in [9.17, 15) is 4.79 Å². The lowest BCUT2D eigenvalue weighted by atomic mass is 10.2. The SMILES string of the molecule is C=C(C)CCN1CCOCC1C(=O)O. The van der Waals surface area contributed by atoms with Crippen LogP contribution >= 0.6 is 0 Å². The fourth-order valence-corrected chi connectivity index (χ4v) is 1.47. The second kappa shape index (κ2) is 5.12. The molecule has 4 nitrogen and oxygen atoms in total. The van der Waals surface area contributed by atoms with Crippen molar-refractivity contribution in [2.45, 2.75) is 19.4 Å². The summed E-state index contributed by atoms with van der Waals surface area (Å²) in [5.41, 5.74) is 1.08. The van der Waals surface area contributed by atoms with Crippen molar-refractivity contribution in [2.24, 2.45) is 0 Å². The van der Waals surface area contributed by atoms with Crippen molar-refractivity contribution in [3.05, 3.63) is 12.2 Å². The van der Waals surface area contributed by atoms with E-state index in [2.05, 4.69) is 6.58 Å². The van der Waals surface area contributed by atoms with Crippen molar-refractivity contribution in [1.82, 2.24) is 4.90 Å². The van der Waals surface area contributed by atoms with Crippen LogP contribution in [0.5, 0.6) is 0 Å². The Bertz CT molecular complexity index is 227. The summed E-state index contributed by atoms with van der Waals surface area (Å²) in [6.07, 6.45) is 0.851. The van der Waals surface area contributed by atoms with Crippen LogP contribution in [0, 0.1) is 0 Å². The third-order valence-corrected chi connectivity index (χ3v) is 2.35.